The molecule has 1 rings (SSSR count). The van der Waals surface area contributed by atoms with Crippen molar-refractivity contribution < 1.29 is 20.1 Å². The first kappa shape index (κ1) is 8.67. The molecule has 1 nitrogen and oxygen atoms in total. The van der Waals surface area contributed by atoms with Gasteiger partial charge in [0, 0.05) is 26.3 Å². The molecule has 1 radical (unpaired) electrons. The molecule has 0 aliphatic rings. The van der Waals surface area contributed by atoms with Gasteiger partial charge in [0.1, 0.15) is 0 Å². The second-order valence-corrected chi connectivity index (χ2v) is 1.54. The topological polar surface area (TPSA) is 12.9 Å². The fraction of sp³-hybridized carbons (Fsp3) is 0.143. The molecule has 0 saturated heterocycles. The van der Waals surface area contributed by atoms with E-state index in [9.17, 15) is 0 Å². The summed E-state index contributed by atoms with van der Waals surface area (Å²) < 4.78 is 0. The number of aromatic nitrogens is 1. The molecule has 0 bridgehead atoms. The second kappa shape index (κ2) is 4.54. The van der Waals surface area contributed by atoms with Crippen LogP contribution in [0, 0.1) is 6.42 Å². The summed E-state index contributed by atoms with van der Waals surface area (Å²) in [4.78, 5) is 4.04. The fourth-order valence-electron chi connectivity index (χ4n) is 0.547. The average Bonchev–Trinajstić information content (AvgIpc) is 1.90. The van der Waals surface area contributed by atoms with E-state index in [4.69, 9.17) is 0 Å². The Balaban J connectivity index is 0.000000640. The Kier molecular flexibility index (Phi) is 4.37. The van der Waals surface area contributed by atoms with Crippen LogP contribution in [-0.4, -0.2) is 4.98 Å². The molecule has 0 spiro atoms. The van der Waals surface area contributed by atoms with Crippen molar-refractivity contribution in [2.75, 3.05) is 0 Å². The van der Waals surface area contributed by atoms with E-state index in [0.29, 0.717) is 0 Å². The van der Waals surface area contributed by atoms with Gasteiger partial charge in [-0.2, -0.15) is 6.07 Å². The summed E-state index contributed by atoms with van der Waals surface area (Å²) in [6.07, 6.45) is 3.76. The third kappa shape index (κ3) is 2.64. The molecule has 0 amide bonds. The Morgan fingerprint density at radius 2 is 2.22 bits per heavy atom. The number of hydrogen-bond donors (Lipinski definition) is 0. The zero-order valence-corrected chi connectivity index (χ0v) is 7.56. The third-order valence-electron chi connectivity index (χ3n) is 0.984. The Morgan fingerprint density at radius 3 is 2.56 bits per heavy atom. The normalized spacial score (nSPS) is 7.67. The summed E-state index contributed by atoms with van der Waals surface area (Å²) in [7, 11) is 0. The van der Waals surface area contributed by atoms with Crippen LogP contribution in [0.5, 0.6) is 0 Å². The van der Waals surface area contributed by atoms with Gasteiger partial charge in [0.15, 0.2) is 0 Å². The van der Waals surface area contributed by atoms with Crippen LogP contribution in [0.3, 0.4) is 0 Å². The summed E-state index contributed by atoms with van der Waals surface area (Å²) in [6, 6.07) is 5.86. The molecule has 0 atom stereocenters. The molecule has 1 aromatic rings. The Morgan fingerprint density at radius 1 is 1.44 bits per heavy atom. The van der Waals surface area contributed by atoms with Crippen LogP contribution < -0.4 is 0 Å². The van der Waals surface area contributed by atoms with Crippen molar-refractivity contribution in [3.05, 3.63) is 36.5 Å². The molecule has 2 heteroatoms. The predicted molar refractivity (Wildman–Crippen MR) is 33.3 cm³/mol. The molecule has 0 N–H and O–H groups in total. The zero-order chi connectivity index (χ0) is 5.82. The second-order valence-electron chi connectivity index (χ2n) is 1.54. The monoisotopic (exact) mass is 299 g/mol. The van der Waals surface area contributed by atoms with Crippen LogP contribution in [0.25, 0.3) is 0 Å². The summed E-state index contributed by atoms with van der Waals surface area (Å²) in [5.41, 5.74) is 1.03. The van der Waals surface area contributed by atoms with Crippen LogP contribution in [0.1, 0.15) is 12.6 Å². The van der Waals surface area contributed by atoms with E-state index in [1.165, 1.54) is 0 Å². The number of hydrogen-bond acceptors (Lipinski definition) is 1. The number of rotatable bonds is 1. The molecule has 0 unspecified atom stereocenters. The van der Waals surface area contributed by atoms with E-state index in [2.05, 4.69) is 4.98 Å². The maximum Gasteiger partial charge on any atom is 0.0222 e. The van der Waals surface area contributed by atoms with Crippen LogP contribution in [0.15, 0.2) is 24.4 Å². The van der Waals surface area contributed by atoms with Gasteiger partial charge in [-0.25, -0.2) is 6.42 Å². The van der Waals surface area contributed by atoms with Crippen molar-refractivity contribution >= 4 is 0 Å². The average molecular weight is 298 g/mol. The van der Waals surface area contributed by atoms with Crippen LogP contribution >= 0.6 is 0 Å². The van der Waals surface area contributed by atoms with Crippen molar-refractivity contribution in [2.45, 2.75) is 6.92 Å². The van der Waals surface area contributed by atoms with Gasteiger partial charge in [-0.3, -0.25) is 4.98 Å². The van der Waals surface area contributed by atoms with E-state index in [0.717, 1.165) is 5.69 Å². The van der Waals surface area contributed by atoms with E-state index < -0.39 is 0 Å². The maximum atomic E-state index is 4.04. The van der Waals surface area contributed by atoms with Crippen LogP contribution in [-0.2, 0) is 20.1 Å². The molecular weight excluding hydrogens is 290 g/mol. The van der Waals surface area contributed by atoms with Gasteiger partial charge in [-0.05, 0) is 0 Å². The van der Waals surface area contributed by atoms with Crippen molar-refractivity contribution in [3.8, 4) is 0 Å². The summed E-state index contributed by atoms with van der Waals surface area (Å²) in [5, 5.41) is 0. The Labute approximate surface area is 68.9 Å². The molecule has 0 aromatic carbocycles. The first-order chi connectivity index (χ1) is 3.93. The summed E-state index contributed by atoms with van der Waals surface area (Å²) in [5.74, 6) is 0. The SMILES string of the molecule is C[CH-]c1ccccn1.[Ir]. The van der Waals surface area contributed by atoms with Gasteiger partial charge in [-0.1, -0.05) is 11.8 Å². The molecule has 1 aromatic heterocycles. The zero-order valence-electron chi connectivity index (χ0n) is 5.17. The van der Waals surface area contributed by atoms with E-state index >= 15 is 0 Å². The van der Waals surface area contributed by atoms with Crippen molar-refractivity contribution in [2.24, 2.45) is 0 Å². The van der Waals surface area contributed by atoms with Crippen molar-refractivity contribution in [3.63, 3.8) is 0 Å². The Bertz CT molecular complexity index is 150. The van der Waals surface area contributed by atoms with Gasteiger partial charge in [0.25, 0.3) is 0 Å². The van der Waals surface area contributed by atoms with Gasteiger partial charge in [0.05, 0.1) is 0 Å². The number of pyridine rings is 1. The smallest absolute Gasteiger partial charge is 0.0222 e. The molecule has 9 heavy (non-hydrogen) atoms. The van der Waals surface area contributed by atoms with E-state index in [1.54, 1.807) is 6.20 Å². The van der Waals surface area contributed by atoms with E-state index in [1.807, 2.05) is 31.5 Å². The largest absolute Gasteiger partial charge is 0.295 e. The molecule has 0 fully saturated rings. The molecule has 51 valence electrons. The van der Waals surface area contributed by atoms with Gasteiger partial charge >= 0.3 is 0 Å². The quantitative estimate of drug-likeness (QED) is 0.719. The van der Waals surface area contributed by atoms with Gasteiger partial charge in [-0.15, -0.1) is 13.0 Å². The van der Waals surface area contributed by atoms with Crippen molar-refractivity contribution in [1.29, 1.82) is 0 Å². The standard InChI is InChI=1S/C7H8N.Ir/c1-2-7-5-3-4-6-8-7;/h2-6H,1H3;/q-1;. The van der Waals surface area contributed by atoms with Gasteiger partial charge in [0.2, 0.25) is 0 Å². The summed E-state index contributed by atoms with van der Waals surface area (Å²) >= 11 is 0. The number of nitrogens with zero attached hydrogens (tertiary/aromatic N) is 1. The van der Waals surface area contributed by atoms with Crippen LogP contribution in [0.4, 0.5) is 0 Å². The first-order valence-electron chi connectivity index (χ1n) is 2.64. The molecule has 1 heterocycles. The minimum absolute atomic E-state index is 0. The third-order valence-corrected chi connectivity index (χ3v) is 0.984. The maximum absolute atomic E-state index is 4.04. The predicted octanol–water partition coefficient (Wildman–Crippen LogP) is 1.65. The molecule has 0 saturated carbocycles. The minimum Gasteiger partial charge on any atom is -0.295 e. The first-order valence-corrected chi connectivity index (χ1v) is 2.64. The van der Waals surface area contributed by atoms with Crippen LogP contribution in [0.2, 0.25) is 0 Å². The fourth-order valence-corrected chi connectivity index (χ4v) is 0.547. The minimum atomic E-state index is 0. The van der Waals surface area contributed by atoms with E-state index in [-0.39, 0.29) is 20.1 Å². The molecule has 0 aliphatic heterocycles. The Hall–Kier alpha value is -0.331. The van der Waals surface area contributed by atoms with Gasteiger partial charge < -0.3 is 0 Å². The molecule has 0 aliphatic carbocycles. The molecular formula is C7H8IrN-. The summed E-state index contributed by atoms with van der Waals surface area (Å²) in [6.45, 7) is 1.97. The van der Waals surface area contributed by atoms with Crippen molar-refractivity contribution in [1.82, 2.24) is 4.98 Å².